The average Bonchev–Trinajstić information content (AvgIpc) is 2.47. The Morgan fingerprint density at radius 3 is 2.23 bits per heavy atom. The highest BCUT2D eigenvalue weighted by molar-refractivity contribution is 6.34. The summed E-state index contributed by atoms with van der Waals surface area (Å²) >= 11 is 6.03. The maximum Gasteiger partial charge on any atom is 0.257 e. The summed E-state index contributed by atoms with van der Waals surface area (Å²) in [5.74, 6) is -0.0414. The van der Waals surface area contributed by atoms with Crippen molar-refractivity contribution in [2.24, 2.45) is 5.92 Å². The normalized spacial score (nSPS) is 10.5. The lowest BCUT2D eigenvalue weighted by Gasteiger charge is -2.12. The summed E-state index contributed by atoms with van der Waals surface area (Å²) in [7, 11) is 0. The van der Waals surface area contributed by atoms with Gasteiger partial charge in [0.2, 0.25) is 0 Å². The summed E-state index contributed by atoms with van der Waals surface area (Å²) in [6.07, 6.45) is 0.443. The Hall–Kier alpha value is -2.13. The van der Waals surface area contributed by atoms with Crippen molar-refractivity contribution in [3.8, 4) is 0 Å². The van der Waals surface area contributed by atoms with E-state index in [2.05, 4.69) is 5.32 Å². The van der Waals surface area contributed by atoms with Gasteiger partial charge in [0.1, 0.15) is 0 Å². The van der Waals surface area contributed by atoms with Gasteiger partial charge in [-0.1, -0.05) is 49.7 Å². The average molecular weight is 316 g/mol. The molecule has 3 nitrogen and oxygen atoms in total. The van der Waals surface area contributed by atoms with E-state index in [-0.39, 0.29) is 17.6 Å². The number of hydrogen-bond acceptors (Lipinski definition) is 2. The Bertz CT molecular complexity index is 695. The third-order valence-electron chi connectivity index (χ3n) is 3.19. The summed E-state index contributed by atoms with van der Waals surface area (Å²) < 4.78 is 0. The van der Waals surface area contributed by atoms with Crippen molar-refractivity contribution in [1.29, 1.82) is 0 Å². The van der Waals surface area contributed by atoms with Gasteiger partial charge in [0.15, 0.2) is 5.78 Å². The minimum atomic E-state index is -0.324. The van der Waals surface area contributed by atoms with E-state index < -0.39 is 0 Å². The highest BCUT2D eigenvalue weighted by Crippen LogP contribution is 2.21. The fraction of sp³-hybridized carbons (Fsp3) is 0.222. The van der Waals surface area contributed by atoms with Crippen LogP contribution >= 0.6 is 11.6 Å². The number of rotatable bonds is 5. The van der Waals surface area contributed by atoms with Crippen LogP contribution in [0.5, 0.6) is 0 Å². The van der Waals surface area contributed by atoms with E-state index in [9.17, 15) is 9.59 Å². The van der Waals surface area contributed by atoms with Crippen LogP contribution < -0.4 is 5.32 Å². The van der Waals surface area contributed by atoms with Gasteiger partial charge in [0.05, 0.1) is 16.3 Å². The number of nitrogens with one attached hydrogen (secondary N) is 1. The molecule has 0 fully saturated rings. The maximum atomic E-state index is 12.3. The third-order valence-corrected chi connectivity index (χ3v) is 3.52. The molecule has 22 heavy (non-hydrogen) atoms. The summed E-state index contributed by atoms with van der Waals surface area (Å²) in [5.41, 5.74) is 1.42. The van der Waals surface area contributed by atoms with Gasteiger partial charge in [-0.15, -0.1) is 0 Å². The van der Waals surface area contributed by atoms with Crippen molar-refractivity contribution in [3.05, 3.63) is 64.7 Å². The predicted molar refractivity (Wildman–Crippen MR) is 89.6 cm³/mol. The molecular weight excluding hydrogens is 298 g/mol. The molecule has 0 unspecified atom stereocenters. The van der Waals surface area contributed by atoms with E-state index >= 15 is 0 Å². The van der Waals surface area contributed by atoms with Crippen LogP contribution in [0.25, 0.3) is 0 Å². The molecule has 0 saturated heterocycles. The molecular formula is C18H18ClNO2. The standard InChI is InChI=1S/C18H18ClNO2/c1-12(2)11-17(21)14-8-4-6-10-16(14)20-18(22)13-7-3-5-9-15(13)19/h3-10,12H,11H2,1-2H3,(H,20,22). The third kappa shape index (κ3) is 3.95. The van der Waals surface area contributed by atoms with Gasteiger partial charge in [0.25, 0.3) is 5.91 Å². The zero-order valence-corrected chi connectivity index (χ0v) is 13.4. The first-order chi connectivity index (χ1) is 10.5. The molecule has 0 atom stereocenters. The summed E-state index contributed by atoms with van der Waals surface area (Å²) in [6, 6.07) is 13.8. The number of benzene rings is 2. The van der Waals surface area contributed by atoms with Crippen molar-refractivity contribution in [1.82, 2.24) is 0 Å². The second-order valence-electron chi connectivity index (χ2n) is 5.50. The molecule has 0 radical (unpaired) electrons. The second kappa shape index (κ2) is 7.23. The summed E-state index contributed by atoms with van der Waals surface area (Å²) in [4.78, 5) is 24.6. The molecule has 0 saturated carbocycles. The van der Waals surface area contributed by atoms with Crippen molar-refractivity contribution in [2.45, 2.75) is 20.3 Å². The smallest absolute Gasteiger partial charge is 0.257 e. The molecule has 0 bridgehead atoms. The van der Waals surface area contributed by atoms with Crippen LogP contribution in [0.3, 0.4) is 0 Å². The summed E-state index contributed by atoms with van der Waals surface area (Å²) in [5, 5.41) is 3.16. The molecule has 4 heteroatoms. The van der Waals surface area contributed by atoms with E-state index in [1.807, 2.05) is 13.8 Å². The van der Waals surface area contributed by atoms with Gasteiger partial charge in [-0.3, -0.25) is 9.59 Å². The van der Waals surface area contributed by atoms with E-state index in [4.69, 9.17) is 11.6 Å². The van der Waals surface area contributed by atoms with Gasteiger partial charge in [-0.2, -0.15) is 0 Å². The Balaban J connectivity index is 2.25. The van der Waals surface area contributed by atoms with E-state index in [0.717, 1.165) is 0 Å². The SMILES string of the molecule is CC(C)CC(=O)c1ccccc1NC(=O)c1ccccc1Cl. The van der Waals surface area contributed by atoms with Crippen LogP contribution in [-0.2, 0) is 0 Å². The number of carbonyl (C=O) groups excluding carboxylic acids is 2. The van der Waals surface area contributed by atoms with Crippen LogP contribution in [-0.4, -0.2) is 11.7 Å². The Morgan fingerprint density at radius 1 is 1.00 bits per heavy atom. The molecule has 1 N–H and O–H groups in total. The molecule has 1 amide bonds. The van der Waals surface area contributed by atoms with Crippen molar-refractivity contribution < 1.29 is 9.59 Å². The van der Waals surface area contributed by atoms with Crippen molar-refractivity contribution >= 4 is 29.0 Å². The summed E-state index contributed by atoms with van der Waals surface area (Å²) in [6.45, 7) is 3.98. The first-order valence-corrected chi connectivity index (χ1v) is 7.55. The second-order valence-corrected chi connectivity index (χ2v) is 5.91. The van der Waals surface area contributed by atoms with Gasteiger partial charge >= 0.3 is 0 Å². The number of Topliss-reactive ketones (excluding diaryl/α,β-unsaturated/α-hetero) is 1. The van der Waals surface area contributed by atoms with Gasteiger partial charge < -0.3 is 5.32 Å². The lowest BCUT2D eigenvalue weighted by atomic mass is 9.99. The van der Waals surface area contributed by atoms with Gasteiger partial charge in [-0.25, -0.2) is 0 Å². The van der Waals surface area contributed by atoms with Crippen molar-refractivity contribution in [2.75, 3.05) is 5.32 Å². The highest BCUT2D eigenvalue weighted by atomic mass is 35.5. The number of anilines is 1. The number of halogens is 1. The van der Waals surface area contributed by atoms with E-state index in [1.54, 1.807) is 48.5 Å². The number of ketones is 1. The van der Waals surface area contributed by atoms with Crippen molar-refractivity contribution in [3.63, 3.8) is 0 Å². The zero-order chi connectivity index (χ0) is 16.1. The first kappa shape index (κ1) is 16.2. The van der Waals surface area contributed by atoms with E-state index in [1.165, 1.54) is 0 Å². The molecule has 0 spiro atoms. The largest absolute Gasteiger partial charge is 0.321 e. The quantitative estimate of drug-likeness (QED) is 0.804. The zero-order valence-electron chi connectivity index (χ0n) is 12.6. The first-order valence-electron chi connectivity index (χ1n) is 7.17. The molecule has 2 aromatic carbocycles. The van der Waals surface area contributed by atoms with Gasteiger partial charge in [-0.05, 0) is 30.2 Å². The molecule has 0 aliphatic carbocycles. The lowest BCUT2D eigenvalue weighted by Crippen LogP contribution is -2.15. The predicted octanol–water partition coefficient (Wildman–Crippen LogP) is 4.82. The number of hydrogen-bond donors (Lipinski definition) is 1. The van der Waals surface area contributed by atoms with E-state index in [0.29, 0.717) is 28.3 Å². The monoisotopic (exact) mass is 315 g/mol. The minimum absolute atomic E-state index is 0.0186. The fourth-order valence-corrected chi connectivity index (χ4v) is 2.37. The number of para-hydroxylation sites is 1. The fourth-order valence-electron chi connectivity index (χ4n) is 2.15. The molecule has 0 aromatic heterocycles. The van der Waals surface area contributed by atoms with Crippen LogP contribution in [0.15, 0.2) is 48.5 Å². The highest BCUT2D eigenvalue weighted by Gasteiger charge is 2.16. The number of amides is 1. The van der Waals surface area contributed by atoms with Crippen LogP contribution in [0.1, 0.15) is 41.0 Å². The molecule has 0 heterocycles. The Morgan fingerprint density at radius 2 is 1.59 bits per heavy atom. The molecule has 114 valence electrons. The lowest BCUT2D eigenvalue weighted by molar-refractivity contribution is 0.0968. The minimum Gasteiger partial charge on any atom is -0.321 e. The topological polar surface area (TPSA) is 46.2 Å². The molecule has 0 aliphatic rings. The molecule has 2 aromatic rings. The number of carbonyl (C=O) groups is 2. The Kier molecular flexibility index (Phi) is 5.34. The molecule has 2 rings (SSSR count). The van der Waals surface area contributed by atoms with Gasteiger partial charge in [0, 0.05) is 12.0 Å². The van der Waals surface area contributed by atoms with Crippen LogP contribution in [0, 0.1) is 5.92 Å². The van der Waals surface area contributed by atoms with Crippen LogP contribution in [0.4, 0.5) is 5.69 Å². The Labute approximate surface area is 135 Å². The maximum absolute atomic E-state index is 12.3. The molecule has 0 aliphatic heterocycles. The van der Waals surface area contributed by atoms with Crippen LogP contribution in [0.2, 0.25) is 5.02 Å².